The van der Waals surface area contributed by atoms with Crippen LogP contribution in [-0.4, -0.2) is 51.6 Å². The van der Waals surface area contributed by atoms with E-state index in [0.717, 1.165) is 0 Å². The highest BCUT2D eigenvalue weighted by molar-refractivity contribution is 5.94. The number of ketones is 1. The van der Waals surface area contributed by atoms with Crippen molar-refractivity contribution in [3.63, 3.8) is 0 Å². The standard InChI is InChI=1S/C13H21NO4/c1-8(15)11(9(2)16)14-7-13(12(14)18)5-3-10(17)4-6-13/h8,10-11,15,17H,3-7H2,1-2H3/t8-,10?,11?,13?/m1/s1. The number of aliphatic hydroxyl groups is 2. The summed E-state index contributed by atoms with van der Waals surface area (Å²) < 4.78 is 0. The Bertz CT molecular complexity index is 358. The average molecular weight is 255 g/mol. The van der Waals surface area contributed by atoms with Crippen molar-refractivity contribution in [3.05, 3.63) is 0 Å². The molecule has 2 atom stereocenters. The molecule has 1 saturated heterocycles. The highest BCUT2D eigenvalue weighted by Crippen LogP contribution is 2.46. The zero-order valence-electron chi connectivity index (χ0n) is 10.9. The summed E-state index contributed by atoms with van der Waals surface area (Å²) in [6.07, 6.45) is 1.55. The Labute approximate surface area is 107 Å². The van der Waals surface area contributed by atoms with Gasteiger partial charge in [0, 0.05) is 6.54 Å². The highest BCUT2D eigenvalue weighted by Gasteiger charge is 2.56. The summed E-state index contributed by atoms with van der Waals surface area (Å²) in [7, 11) is 0. The fourth-order valence-electron chi connectivity index (χ4n) is 3.25. The summed E-state index contributed by atoms with van der Waals surface area (Å²) in [6, 6.07) is -0.713. The predicted octanol–water partition coefficient (Wildman–Crippen LogP) is 0.0883. The molecule has 102 valence electrons. The first kappa shape index (κ1) is 13.5. The zero-order chi connectivity index (χ0) is 13.5. The minimum atomic E-state index is -0.835. The first-order chi connectivity index (χ1) is 8.37. The number of carbonyl (C=O) groups is 2. The van der Waals surface area contributed by atoms with E-state index in [1.165, 1.54) is 18.7 Å². The van der Waals surface area contributed by atoms with E-state index in [1.54, 1.807) is 0 Å². The van der Waals surface area contributed by atoms with Gasteiger partial charge in [0.2, 0.25) is 5.91 Å². The van der Waals surface area contributed by atoms with Crippen molar-refractivity contribution >= 4 is 11.7 Å². The molecule has 1 spiro atoms. The topological polar surface area (TPSA) is 77.8 Å². The maximum absolute atomic E-state index is 12.3. The lowest BCUT2D eigenvalue weighted by molar-refractivity contribution is -0.176. The summed E-state index contributed by atoms with van der Waals surface area (Å²) in [5.41, 5.74) is -0.373. The molecule has 2 aliphatic rings. The van der Waals surface area contributed by atoms with Crippen LogP contribution in [0.25, 0.3) is 0 Å². The van der Waals surface area contributed by atoms with Gasteiger partial charge in [-0.3, -0.25) is 9.59 Å². The number of aliphatic hydroxyl groups excluding tert-OH is 2. The Morgan fingerprint density at radius 2 is 2.00 bits per heavy atom. The third-order valence-corrected chi connectivity index (χ3v) is 4.31. The van der Waals surface area contributed by atoms with E-state index in [9.17, 15) is 19.8 Å². The maximum atomic E-state index is 12.3. The number of likely N-dealkylation sites (tertiary alicyclic amines) is 1. The Kier molecular flexibility index (Phi) is 3.47. The van der Waals surface area contributed by atoms with Crippen molar-refractivity contribution in [3.8, 4) is 0 Å². The first-order valence-corrected chi connectivity index (χ1v) is 6.55. The van der Waals surface area contributed by atoms with E-state index in [0.29, 0.717) is 32.2 Å². The Balaban J connectivity index is 2.05. The van der Waals surface area contributed by atoms with Gasteiger partial charge in [0.25, 0.3) is 0 Å². The molecule has 18 heavy (non-hydrogen) atoms. The van der Waals surface area contributed by atoms with Crippen LogP contribution in [0.1, 0.15) is 39.5 Å². The lowest BCUT2D eigenvalue weighted by atomic mass is 9.66. The largest absolute Gasteiger partial charge is 0.393 e. The van der Waals surface area contributed by atoms with Crippen LogP contribution in [0.4, 0.5) is 0 Å². The van der Waals surface area contributed by atoms with E-state index in [4.69, 9.17) is 0 Å². The van der Waals surface area contributed by atoms with Crippen LogP contribution in [0.2, 0.25) is 0 Å². The van der Waals surface area contributed by atoms with Crippen LogP contribution in [0.5, 0.6) is 0 Å². The first-order valence-electron chi connectivity index (χ1n) is 6.55. The summed E-state index contributed by atoms with van der Waals surface area (Å²) in [6.45, 7) is 3.48. The van der Waals surface area contributed by atoms with Gasteiger partial charge in [-0.2, -0.15) is 0 Å². The smallest absolute Gasteiger partial charge is 0.231 e. The molecular formula is C13H21NO4. The minimum Gasteiger partial charge on any atom is -0.393 e. The second-order valence-electron chi connectivity index (χ2n) is 5.74. The molecule has 0 radical (unpaired) electrons. The molecule has 0 bridgehead atoms. The van der Waals surface area contributed by atoms with E-state index in [-0.39, 0.29) is 23.2 Å². The van der Waals surface area contributed by atoms with Gasteiger partial charge < -0.3 is 15.1 Å². The second kappa shape index (κ2) is 4.63. The third kappa shape index (κ3) is 2.06. The monoisotopic (exact) mass is 255 g/mol. The van der Waals surface area contributed by atoms with Crippen molar-refractivity contribution in [2.24, 2.45) is 5.41 Å². The molecule has 2 fully saturated rings. The minimum absolute atomic E-state index is 0.0319. The molecule has 0 aromatic carbocycles. The molecule has 0 aromatic heterocycles. The molecule has 1 saturated carbocycles. The predicted molar refractivity (Wildman–Crippen MR) is 64.8 cm³/mol. The Morgan fingerprint density at radius 3 is 2.39 bits per heavy atom. The van der Waals surface area contributed by atoms with Crippen LogP contribution in [0, 0.1) is 5.41 Å². The Hall–Kier alpha value is -0.940. The van der Waals surface area contributed by atoms with Crippen LogP contribution < -0.4 is 0 Å². The second-order valence-corrected chi connectivity index (χ2v) is 5.74. The molecule has 1 unspecified atom stereocenters. The molecule has 0 aromatic rings. The van der Waals surface area contributed by atoms with Gasteiger partial charge in [0.05, 0.1) is 17.6 Å². The van der Waals surface area contributed by atoms with E-state index >= 15 is 0 Å². The van der Waals surface area contributed by atoms with Crippen molar-refractivity contribution in [2.45, 2.75) is 57.8 Å². The molecule has 1 aliphatic carbocycles. The normalized spacial score (nSPS) is 35.2. The van der Waals surface area contributed by atoms with Crippen LogP contribution >= 0.6 is 0 Å². The molecule has 2 N–H and O–H groups in total. The van der Waals surface area contributed by atoms with Gasteiger partial charge >= 0.3 is 0 Å². The van der Waals surface area contributed by atoms with Crippen molar-refractivity contribution in [2.75, 3.05) is 6.54 Å². The molecule has 1 heterocycles. The summed E-state index contributed by atoms with van der Waals surface area (Å²) in [4.78, 5) is 25.3. The quantitative estimate of drug-likeness (QED) is 0.701. The maximum Gasteiger partial charge on any atom is 0.231 e. The molecular weight excluding hydrogens is 234 g/mol. The summed E-state index contributed by atoms with van der Waals surface area (Å²) >= 11 is 0. The van der Waals surface area contributed by atoms with Crippen LogP contribution in [0.15, 0.2) is 0 Å². The summed E-state index contributed by atoms with van der Waals surface area (Å²) in [5.74, 6) is -0.209. The van der Waals surface area contributed by atoms with Gasteiger partial charge in [0.1, 0.15) is 6.04 Å². The number of hydrogen-bond donors (Lipinski definition) is 2. The molecule has 2 rings (SSSR count). The Morgan fingerprint density at radius 1 is 1.44 bits per heavy atom. The van der Waals surface area contributed by atoms with Gasteiger partial charge in [-0.05, 0) is 39.5 Å². The highest BCUT2D eigenvalue weighted by atomic mass is 16.3. The molecule has 1 amide bonds. The SMILES string of the molecule is CC(=O)C([C@@H](C)O)N1CC2(CCC(O)CC2)C1=O. The van der Waals surface area contributed by atoms with E-state index in [2.05, 4.69) is 0 Å². The van der Waals surface area contributed by atoms with Crippen molar-refractivity contribution in [1.82, 2.24) is 4.90 Å². The van der Waals surface area contributed by atoms with Gasteiger partial charge in [0.15, 0.2) is 5.78 Å². The van der Waals surface area contributed by atoms with Crippen molar-refractivity contribution in [1.29, 1.82) is 0 Å². The average Bonchev–Trinajstić information content (AvgIpc) is 2.30. The molecule has 5 nitrogen and oxygen atoms in total. The van der Waals surface area contributed by atoms with Crippen LogP contribution in [-0.2, 0) is 9.59 Å². The number of Topliss-reactive ketones (excluding diaryl/α,β-unsaturated/α-hetero) is 1. The van der Waals surface area contributed by atoms with Gasteiger partial charge in [-0.1, -0.05) is 0 Å². The number of amides is 1. The number of nitrogens with zero attached hydrogens (tertiary/aromatic N) is 1. The number of hydrogen-bond acceptors (Lipinski definition) is 4. The lowest BCUT2D eigenvalue weighted by Crippen LogP contribution is -2.68. The molecule has 5 heteroatoms. The van der Waals surface area contributed by atoms with Crippen LogP contribution in [0.3, 0.4) is 0 Å². The fraction of sp³-hybridized carbons (Fsp3) is 0.846. The molecule has 1 aliphatic heterocycles. The third-order valence-electron chi connectivity index (χ3n) is 4.31. The lowest BCUT2D eigenvalue weighted by Gasteiger charge is -2.54. The summed E-state index contributed by atoms with van der Waals surface area (Å²) in [5, 5.41) is 19.1. The van der Waals surface area contributed by atoms with E-state index < -0.39 is 12.1 Å². The van der Waals surface area contributed by atoms with E-state index in [1.807, 2.05) is 0 Å². The fourth-order valence-corrected chi connectivity index (χ4v) is 3.25. The van der Waals surface area contributed by atoms with Crippen molar-refractivity contribution < 1.29 is 19.8 Å². The zero-order valence-corrected chi connectivity index (χ0v) is 10.9. The number of rotatable bonds is 3. The van der Waals surface area contributed by atoms with Gasteiger partial charge in [-0.15, -0.1) is 0 Å². The number of carbonyl (C=O) groups excluding carboxylic acids is 2. The number of β-lactam (4-membered cyclic amide) rings is 1. The van der Waals surface area contributed by atoms with Gasteiger partial charge in [-0.25, -0.2) is 0 Å².